The van der Waals surface area contributed by atoms with Crippen molar-refractivity contribution in [1.82, 2.24) is 10.2 Å². The van der Waals surface area contributed by atoms with Crippen molar-refractivity contribution >= 4 is 18.3 Å². The molecule has 20 heavy (non-hydrogen) atoms. The quantitative estimate of drug-likeness (QED) is 0.792. The summed E-state index contributed by atoms with van der Waals surface area (Å²) in [5.41, 5.74) is 5.59. The molecule has 1 aliphatic carbocycles. The lowest BCUT2D eigenvalue weighted by molar-refractivity contribution is -0.122. The highest BCUT2D eigenvalue weighted by atomic mass is 35.5. The first-order chi connectivity index (χ1) is 9.27. The molecule has 1 saturated carbocycles. The summed E-state index contributed by atoms with van der Waals surface area (Å²) in [7, 11) is 0. The molecule has 1 heterocycles. The van der Waals surface area contributed by atoms with Crippen molar-refractivity contribution in [3.63, 3.8) is 0 Å². The second-order valence-corrected chi connectivity index (χ2v) is 5.70. The van der Waals surface area contributed by atoms with Gasteiger partial charge >= 0.3 is 0 Å². The molecule has 2 rings (SSSR count). The van der Waals surface area contributed by atoms with Crippen LogP contribution in [0.25, 0.3) is 0 Å². The molecule has 5 nitrogen and oxygen atoms in total. The van der Waals surface area contributed by atoms with E-state index in [0.29, 0.717) is 13.0 Å². The third-order valence-electron chi connectivity index (χ3n) is 4.45. The topological polar surface area (TPSA) is 67.6 Å². The third kappa shape index (κ3) is 4.58. The van der Waals surface area contributed by atoms with E-state index in [1.165, 1.54) is 32.1 Å². The van der Waals surface area contributed by atoms with Gasteiger partial charge in [-0.05, 0) is 12.8 Å². The highest BCUT2D eigenvalue weighted by Gasteiger charge is 2.38. The van der Waals surface area contributed by atoms with Crippen LogP contribution in [0.15, 0.2) is 0 Å². The van der Waals surface area contributed by atoms with Crippen LogP contribution in [-0.4, -0.2) is 55.7 Å². The largest absolute Gasteiger partial charge is 0.379 e. The van der Waals surface area contributed by atoms with Crippen LogP contribution >= 0.6 is 12.4 Å². The molecular weight excluding hydrogens is 278 g/mol. The molecule has 0 radical (unpaired) electrons. The Hall–Kier alpha value is -0.360. The van der Waals surface area contributed by atoms with Gasteiger partial charge in [-0.3, -0.25) is 9.69 Å². The summed E-state index contributed by atoms with van der Waals surface area (Å²) in [5.74, 6) is 0.0840. The molecule has 2 aliphatic rings. The Balaban J connectivity index is 0.00000200. The smallest absolute Gasteiger partial charge is 0.221 e. The van der Waals surface area contributed by atoms with Gasteiger partial charge in [0.15, 0.2) is 0 Å². The van der Waals surface area contributed by atoms with Crippen molar-refractivity contribution in [1.29, 1.82) is 0 Å². The summed E-state index contributed by atoms with van der Waals surface area (Å²) in [6.07, 6.45) is 6.67. The van der Waals surface area contributed by atoms with Crippen molar-refractivity contribution in [2.75, 3.05) is 39.4 Å². The molecule has 0 aromatic carbocycles. The average molecular weight is 306 g/mol. The van der Waals surface area contributed by atoms with E-state index in [0.717, 1.165) is 32.8 Å². The van der Waals surface area contributed by atoms with E-state index < -0.39 is 0 Å². The minimum Gasteiger partial charge on any atom is -0.379 e. The van der Waals surface area contributed by atoms with Crippen molar-refractivity contribution in [3.05, 3.63) is 0 Å². The minimum absolute atomic E-state index is 0. The van der Waals surface area contributed by atoms with Crippen molar-refractivity contribution in [2.45, 2.75) is 44.1 Å². The van der Waals surface area contributed by atoms with Crippen LogP contribution in [0.2, 0.25) is 0 Å². The molecule has 0 bridgehead atoms. The monoisotopic (exact) mass is 305 g/mol. The first-order valence-corrected chi connectivity index (χ1v) is 7.56. The number of carbonyl (C=O) groups is 1. The van der Waals surface area contributed by atoms with E-state index in [1.807, 2.05) is 0 Å². The summed E-state index contributed by atoms with van der Waals surface area (Å²) < 4.78 is 5.45. The number of halogens is 1. The van der Waals surface area contributed by atoms with Gasteiger partial charge in [-0.1, -0.05) is 19.3 Å². The number of nitrogens with zero attached hydrogens (tertiary/aromatic N) is 1. The lowest BCUT2D eigenvalue weighted by Crippen LogP contribution is -2.59. The van der Waals surface area contributed by atoms with Crippen LogP contribution in [0.3, 0.4) is 0 Å². The van der Waals surface area contributed by atoms with E-state index >= 15 is 0 Å². The van der Waals surface area contributed by atoms with Crippen LogP contribution in [0.5, 0.6) is 0 Å². The number of morpholine rings is 1. The molecule has 2 fully saturated rings. The number of rotatable bonds is 5. The van der Waals surface area contributed by atoms with Crippen molar-refractivity contribution < 1.29 is 9.53 Å². The maximum atomic E-state index is 11.7. The maximum Gasteiger partial charge on any atom is 0.221 e. The second-order valence-electron chi connectivity index (χ2n) is 5.70. The number of hydrogen-bond acceptors (Lipinski definition) is 4. The molecule has 118 valence electrons. The standard InChI is InChI=1S/C14H27N3O2.ClH/c15-7-4-13(18)16-12-14(5-2-1-3-6-14)17-8-10-19-11-9-17;/h1-12,15H2,(H,16,18);1H. The number of hydrogen-bond donors (Lipinski definition) is 2. The highest BCUT2D eigenvalue weighted by molar-refractivity contribution is 5.85. The summed E-state index contributed by atoms with van der Waals surface area (Å²) in [6.45, 7) is 4.82. The summed E-state index contributed by atoms with van der Waals surface area (Å²) in [5, 5.41) is 3.09. The van der Waals surface area contributed by atoms with Crippen LogP contribution in [0.1, 0.15) is 38.5 Å². The zero-order valence-electron chi connectivity index (χ0n) is 12.2. The van der Waals surface area contributed by atoms with Gasteiger partial charge in [0.1, 0.15) is 0 Å². The van der Waals surface area contributed by atoms with Gasteiger partial charge in [-0.15, -0.1) is 12.4 Å². The Morgan fingerprint density at radius 2 is 1.85 bits per heavy atom. The fourth-order valence-corrected chi connectivity index (χ4v) is 3.33. The fraction of sp³-hybridized carbons (Fsp3) is 0.929. The molecule has 0 aromatic rings. The summed E-state index contributed by atoms with van der Waals surface area (Å²) >= 11 is 0. The SMILES string of the molecule is Cl.NCCC(=O)NCC1(N2CCOCC2)CCCCC1. The van der Waals surface area contributed by atoms with E-state index in [-0.39, 0.29) is 23.9 Å². The lowest BCUT2D eigenvalue weighted by Gasteiger charge is -2.48. The Kier molecular flexibility index (Phi) is 7.80. The molecule has 1 amide bonds. The third-order valence-corrected chi connectivity index (χ3v) is 4.45. The number of ether oxygens (including phenoxy) is 1. The van der Waals surface area contributed by atoms with Crippen LogP contribution < -0.4 is 11.1 Å². The number of nitrogens with one attached hydrogen (secondary N) is 1. The number of carbonyl (C=O) groups excluding carboxylic acids is 1. The maximum absolute atomic E-state index is 11.7. The van der Waals surface area contributed by atoms with Gasteiger partial charge in [-0.2, -0.15) is 0 Å². The summed E-state index contributed by atoms with van der Waals surface area (Å²) in [6, 6.07) is 0. The molecule has 3 N–H and O–H groups in total. The lowest BCUT2D eigenvalue weighted by atomic mass is 9.79. The zero-order valence-corrected chi connectivity index (χ0v) is 13.1. The van der Waals surface area contributed by atoms with Gasteiger partial charge in [0, 0.05) is 38.1 Å². The number of nitrogens with two attached hydrogens (primary N) is 1. The normalized spacial score (nSPS) is 22.9. The molecular formula is C14H28ClN3O2. The van der Waals surface area contributed by atoms with Gasteiger partial charge in [-0.25, -0.2) is 0 Å². The van der Waals surface area contributed by atoms with Crippen LogP contribution in [-0.2, 0) is 9.53 Å². The number of amides is 1. The van der Waals surface area contributed by atoms with Gasteiger partial charge < -0.3 is 15.8 Å². The van der Waals surface area contributed by atoms with E-state index in [4.69, 9.17) is 10.5 Å². The van der Waals surface area contributed by atoms with Crippen LogP contribution in [0.4, 0.5) is 0 Å². The first kappa shape index (κ1) is 17.7. The Morgan fingerprint density at radius 3 is 2.45 bits per heavy atom. The van der Waals surface area contributed by atoms with Gasteiger partial charge in [0.05, 0.1) is 13.2 Å². The molecule has 0 atom stereocenters. The van der Waals surface area contributed by atoms with Crippen molar-refractivity contribution in [2.24, 2.45) is 5.73 Å². The fourth-order valence-electron chi connectivity index (χ4n) is 3.33. The van der Waals surface area contributed by atoms with Crippen LogP contribution in [0, 0.1) is 0 Å². The Morgan fingerprint density at radius 1 is 1.20 bits per heavy atom. The zero-order chi connectivity index (χ0) is 13.6. The minimum atomic E-state index is 0. The molecule has 1 aliphatic heterocycles. The highest BCUT2D eigenvalue weighted by Crippen LogP contribution is 2.33. The second kappa shape index (κ2) is 8.82. The first-order valence-electron chi connectivity index (χ1n) is 7.56. The van der Waals surface area contributed by atoms with E-state index in [2.05, 4.69) is 10.2 Å². The molecule has 0 spiro atoms. The van der Waals surface area contributed by atoms with Gasteiger partial charge in [0.2, 0.25) is 5.91 Å². The molecule has 0 aromatic heterocycles. The Bertz CT molecular complexity index is 290. The van der Waals surface area contributed by atoms with Gasteiger partial charge in [0.25, 0.3) is 0 Å². The molecule has 1 saturated heterocycles. The van der Waals surface area contributed by atoms with E-state index in [1.54, 1.807) is 0 Å². The Labute approximate surface area is 128 Å². The predicted molar refractivity (Wildman–Crippen MR) is 82.1 cm³/mol. The van der Waals surface area contributed by atoms with E-state index in [9.17, 15) is 4.79 Å². The van der Waals surface area contributed by atoms with Crippen molar-refractivity contribution in [3.8, 4) is 0 Å². The predicted octanol–water partition coefficient (Wildman–Crippen LogP) is 0.908. The summed E-state index contributed by atoms with van der Waals surface area (Å²) in [4.78, 5) is 14.2. The molecule has 0 unspecified atom stereocenters. The molecule has 6 heteroatoms. The average Bonchev–Trinajstić information content (AvgIpc) is 2.47.